The Balaban J connectivity index is 1.09. The quantitative estimate of drug-likeness (QED) is 0.227. The largest absolute Gasteiger partial charge is 0.481 e. The lowest BCUT2D eigenvalue weighted by Crippen LogP contribution is -2.59. The van der Waals surface area contributed by atoms with Gasteiger partial charge in [0.2, 0.25) is 5.91 Å². The number of nitrogens with zero attached hydrogens (tertiary/aromatic N) is 3. The van der Waals surface area contributed by atoms with Crippen molar-refractivity contribution in [1.82, 2.24) is 20.2 Å². The predicted octanol–water partition coefficient (Wildman–Crippen LogP) is 7.73. The number of carboxylic acids is 1. The summed E-state index contributed by atoms with van der Waals surface area (Å²) >= 11 is 0. The third-order valence-electron chi connectivity index (χ3n) is 11.4. The van der Waals surface area contributed by atoms with E-state index in [1.807, 2.05) is 48.8 Å². The van der Waals surface area contributed by atoms with Crippen LogP contribution in [-0.2, 0) is 21.4 Å². The van der Waals surface area contributed by atoms with Gasteiger partial charge in [-0.2, -0.15) is 0 Å². The lowest BCUT2D eigenvalue weighted by atomic mass is 9.71. The van der Waals surface area contributed by atoms with Crippen LogP contribution in [0.1, 0.15) is 106 Å². The van der Waals surface area contributed by atoms with E-state index in [1.165, 1.54) is 49.0 Å². The summed E-state index contributed by atoms with van der Waals surface area (Å²) in [6.45, 7) is 8.96. The molecular formula is C42H52N4O4. The summed E-state index contributed by atoms with van der Waals surface area (Å²) in [4.78, 5) is 49.1. The van der Waals surface area contributed by atoms with Crippen LogP contribution in [0.15, 0.2) is 67.0 Å². The summed E-state index contributed by atoms with van der Waals surface area (Å²) in [7, 11) is 0. The van der Waals surface area contributed by atoms with Gasteiger partial charge >= 0.3 is 5.97 Å². The molecular weight excluding hydrogens is 624 g/mol. The highest BCUT2D eigenvalue weighted by molar-refractivity contribution is 5.98. The average Bonchev–Trinajstić information content (AvgIpc) is 3.10. The number of nitrogens with one attached hydrogen (secondary N) is 1. The Labute approximate surface area is 296 Å². The van der Waals surface area contributed by atoms with E-state index in [9.17, 15) is 19.5 Å². The standard InChI is InChI=1S/C42H52N4O4/c1-5-27-6-10-29(11-7-27)30-14-16-31(17-15-30)34-23-43-38(44-24-34)32-12-8-28(9-13-32)22-37(40(48)46-25-35(26-46)41(49)50)45-39(47)33-18-20-36(21-19-33)42(2,3)4/h8-9,12-13,16,18-21,23-24,27,29-30,35,37H,5-7,10-11,14-15,17,22,25-26H2,1-4H3,(H,45,47)(H,49,50)/t27-,29-,30?,37-/m0/s1. The molecule has 3 aromatic rings. The Hall–Kier alpha value is -4.33. The van der Waals surface area contributed by atoms with Gasteiger partial charge in [-0.05, 0) is 84.1 Å². The SMILES string of the molecule is CC[C@H]1CC[C@H](C2CC=C(c3cnc(-c4ccc(C[C@H](NC(=O)c5ccc(C(C)(C)C)cc5)C(=O)N5CC(C(=O)O)C5)cc4)nc3)CC2)CC1. The maximum Gasteiger partial charge on any atom is 0.310 e. The van der Waals surface area contributed by atoms with Crippen LogP contribution in [0.25, 0.3) is 17.0 Å². The number of hydrogen-bond acceptors (Lipinski definition) is 5. The van der Waals surface area contributed by atoms with Crippen molar-refractivity contribution in [3.05, 3.63) is 89.3 Å². The Kier molecular flexibility index (Phi) is 10.8. The van der Waals surface area contributed by atoms with E-state index < -0.39 is 17.9 Å². The van der Waals surface area contributed by atoms with Gasteiger partial charge in [-0.1, -0.05) is 89.4 Å². The molecule has 8 heteroatoms. The molecule has 2 aliphatic carbocycles. The first-order valence-electron chi connectivity index (χ1n) is 18.5. The Morgan fingerprint density at radius 3 is 2.10 bits per heavy atom. The smallest absolute Gasteiger partial charge is 0.310 e. The molecule has 1 unspecified atom stereocenters. The van der Waals surface area contributed by atoms with Crippen LogP contribution in [0.3, 0.4) is 0 Å². The van der Waals surface area contributed by atoms with E-state index in [4.69, 9.17) is 9.97 Å². The zero-order valence-electron chi connectivity index (χ0n) is 30.0. The monoisotopic (exact) mass is 676 g/mol. The van der Waals surface area contributed by atoms with Crippen molar-refractivity contribution in [2.24, 2.45) is 23.7 Å². The van der Waals surface area contributed by atoms with Gasteiger partial charge in [0.05, 0.1) is 5.92 Å². The highest BCUT2D eigenvalue weighted by atomic mass is 16.4. The van der Waals surface area contributed by atoms with Gasteiger partial charge in [0.15, 0.2) is 5.82 Å². The van der Waals surface area contributed by atoms with Crippen molar-refractivity contribution in [1.29, 1.82) is 0 Å². The van der Waals surface area contributed by atoms with Crippen LogP contribution < -0.4 is 5.32 Å². The number of aromatic nitrogens is 2. The minimum atomic E-state index is -0.914. The number of hydrogen-bond donors (Lipinski definition) is 2. The number of benzene rings is 2. The van der Waals surface area contributed by atoms with Gasteiger partial charge in [0, 0.05) is 48.6 Å². The van der Waals surface area contributed by atoms with Crippen LogP contribution in [-0.4, -0.2) is 56.9 Å². The van der Waals surface area contributed by atoms with E-state index in [0.717, 1.165) is 52.8 Å². The van der Waals surface area contributed by atoms with E-state index in [-0.39, 0.29) is 36.7 Å². The molecule has 2 N–H and O–H groups in total. The number of rotatable bonds is 10. The number of carbonyl (C=O) groups is 3. The molecule has 50 heavy (non-hydrogen) atoms. The molecule has 1 aromatic heterocycles. The third kappa shape index (κ3) is 8.34. The first-order valence-corrected chi connectivity index (χ1v) is 18.5. The third-order valence-corrected chi connectivity index (χ3v) is 11.4. The summed E-state index contributed by atoms with van der Waals surface area (Å²) in [6, 6.07) is 14.4. The summed E-state index contributed by atoms with van der Waals surface area (Å²) < 4.78 is 0. The molecule has 1 saturated heterocycles. The zero-order valence-corrected chi connectivity index (χ0v) is 30.0. The fraction of sp³-hybridized carbons (Fsp3) is 0.500. The average molecular weight is 677 g/mol. The van der Waals surface area contributed by atoms with E-state index >= 15 is 0 Å². The number of carbonyl (C=O) groups excluding carboxylic acids is 2. The van der Waals surface area contributed by atoms with Crippen LogP contribution in [0.2, 0.25) is 0 Å². The number of allylic oxidation sites excluding steroid dienone is 2. The van der Waals surface area contributed by atoms with Gasteiger partial charge < -0.3 is 15.3 Å². The van der Waals surface area contributed by atoms with Crippen molar-refractivity contribution in [2.75, 3.05) is 13.1 Å². The first-order chi connectivity index (χ1) is 24.0. The van der Waals surface area contributed by atoms with Crippen LogP contribution in [0.5, 0.6) is 0 Å². The van der Waals surface area contributed by atoms with E-state index in [2.05, 4.69) is 39.1 Å². The second-order valence-corrected chi connectivity index (χ2v) is 15.8. The van der Waals surface area contributed by atoms with Crippen molar-refractivity contribution in [2.45, 2.75) is 96.9 Å². The van der Waals surface area contributed by atoms with Crippen LogP contribution in [0.4, 0.5) is 0 Å². The minimum Gasteiger partial charge on any atom is -0.481 e. The molecule has 2 atom stereocenters. The lowest BCUT2D eigenvalue weighted by molar-refractivity contribution is -0.153. The molecule has 2 amide bonds. The summed E-state index contributed by atoms with van der Waals surface area (Å²) in [5, 5.41) is 12.3. The number of carboxylic acid groups (broad SMARTS) is 1. The van der Waals surface area contributed by atoms with Crippen molar-refractivity contribution < 1.29 is 19.5 Å². The maximum atomic E-state index is 13.5. The fourth-order valence-electron chi connectivity index (χ4n) is 7.88. The number of likely N-dealkylation sites (tertiary alicyclic amines) is 1. The molecule has 264 valence electrons. The topological polar surface area (TPSA) is 112 Å². The molecule has 3 aliphatic rings. The summed E-state index contributed by atoms with van der Waals surface area (Å²) in [5.41, 5.74) is 5.72. The minimum absolute atomic E-state index is 0.0469. The van der Waals surface area contributed by atoms with Gasteiger partial charge in [-0.3, -0.25) is 14.4 Å². The van der Waals surface area contributed by atoms with Gasteiger partial charge in [0.1, 0.15) is 6.04 Å². The highest BCUT2D eigenvalue weighted by Crippen LogP contribution is 2.41. The Morgan fingerprint density at radius 1 is 0.880 bits per heavy atom. The van der Waals surface area contributed by atoms with Gasteiger partial charge in [-0.25, -0.2) is 9.97 Å². The second kappa shape index (κ2) is 15.3. The molecule has 6 rings (SSSR count). The molecule has 1 aliphatic heterocycles. The Morgan fingerprint density at radius 2 is 1.54 bits per heavy atom. The van der Waals surface area contributed by atoms with Gasteiger partial charge in [0.25, 0.3) is 5.91 Å². The van der Waals surface area contributed by atoms with Crippen LogP contribution in [0, 0.1) is 23.7 Å². The highest BCUT2D eigenvalue weighted by Gasteiger charge is 2.39. The maximum absolute atomic E-state index is 13.5. The van der Waals surface area contributed by atoms with Crippen molar-refractivity contribution in [3.63, 3.8) is 0 Å². The molecule has 8 nitrogen and oxygen atoms in total. The normalized spacial score (nSPS) is 21.9. The summed E-state index contributed by atoms with van der Waals surface area (Å²) in [5.74, 6) is 1.16. The molecule has 2 aromatic carbocycles. The molecule has 0 bridgehead atoms. The second-order valence-electron chi connectivity index (χ2n) is 15.8. The molecule has 0 radical (unpaired) electrons. The first kappa shape index (κ1) is 35.5. The van der Waals surface area contributed by atoms with Crippen LogP contribution >= 0.6 is 0 Å². The van der Waals surface area contributed by atoms with Crippen molar-refractivity contribution in [3.8, 4) is 11.4 Å². The van der Waals surface area contributed by atoms with Crippen molar-refractivity contribution >= 4 is 23.4 Å². The zero-order chi connectivity index (χ0) is 35.4. The molecule has 0 spiro atoms. The van der Waals surface area contributed by atoms with E-state index in [0.29, 0.717) is 11.4 Å². The summed E-state index contributed by atoms with van der Waals surface area (Å²) in [6.07, 6.45) is 17.0. The molecule has 1 saturated carbocycles. The fourth-order valence-corrected chi connectivity index (χ4v) is 7.88. The van der Waals surface area contributed by atoms with Gasteiger partial charge in [-0.15, -0.1) is 0 Å². The predicted molar refractivity (Wildman–Crippen MR) is 196 cm³/mol. The number of aliphatic carboxylic acids is 1. The lowest BCUT2D eigenvalue weighted by Gasteiger charge is -2.39. The van der Waals surface area contributed by atoms with E-state index in [1.54, 1.807) is 12.1 Å². The molecule has 2 fully saturated rings. The number of amides is 2. The Bertz CT molecular complexity index is 1680. The molecule has 2 heterocycles.